The number of pyridine rings is 1. The molecule has 4 heteroatoms. The van der Waals surface area contributed by atoms with Crippen LogP contribution in [0.3, 0.4) is 0 Å². The Morgan fingerprint density at radius 3 is 2.73 bits per heavy atom. The van der Waals surface area contributed by atoms with Gasteiger partial charge in [0.1, 0.15) is 0 Å². The fourth-order valence-electron chi connectivity index (χ4n) is 2.24. The molecule has 1 N–H and O–H groups in total. The quantitative estimate of drug-likeness (QED) is 0.744. The van der Waals surface area contributed by atoms with E-state index in [2.05, 4.69) is 22.4 Å². The van der Waals surface area contributed by atoms with E-state index in [9.17, 15) is 4.79 Å². The minimum atomic E-state index is -0.0697. The average Bonchev–Trinajstić information content (AvgIpc) is 2.59. The minimum absolute atomic E-state index is 0.0697. The van der Waals surface area contributed by atoms with E-state index in [0.29, 0.717) is 12.1 Å². The summed E-state index contributed by atoms with van der Waals surface area (Å²) in [5.74, 6) is -0.0697. The lowest BCUT2D eigenvalue weighted by Crippen LogP contribution is -2.22. The van der Waals surface area contributed by atoms with Crippen molar-refractivity contribution in [2.45, 2.75) is 11.4 Å². The van der Waals surface area contributed by atoms with Gasteiger partial charge in [0.05, 0.1) is 5.52 Å². The Hall–Kier alpha value is -2.33. The van der Waals surface area contributed by atoms with Crippen molar-refractivity contribution in [3.8, 4) is 0 Å². The van der Waals surface area contributed by atoms with Crippen molar-refractivity contribution >= 4 is 28.6 Å². The second kappa shape index (κ2) is 6.62. The number of fused-ring (bicyclic) bond motifs is 1. The molecule has 0 saturated carbocycles. The minimum Gasteiger partial charge on any atom is -0.348 e. The van der Waals surface area contributed by atoms with Gasteiger partial charge in [-0.05, 0) is 48.2 Å². The summed E-state index contributed by atoms with van der Waals surface area (Å²) in [6.07, 6.45) is 3.80. The SMILES string of the molecule is CSc1ccc(CNC(=O)c2ccc3ncccc3c2)cc1. The molecular weight excluding hydrogens is 292 g/mol. The zero-order chi connectivity index (χ0) is 15.4. The van der Waals surface area contributed by atoms with Crippen LogP contribution in [-0.2, 0) is 6.54 Å². The third-order valence-electron chi connectivity index (χ3n) is 3.48. The number of nitrogens with one attached hydrogen (secondary N) is 1. The average molecular weight is 308 g/mol. The predicted octanol–water partition coefficient (Wildman–Crippen LogP) is 3.89. The van der Waals surface area contributed by atoms with Crippen LogP contribution in [0, 0.1) is 0 Å². The Bertz CT molecular complexity index is 800. The molecule has 1 heterocycles. The summed E-state index contributed by atoms with van der Waals surface area (Å²) >= 11 is 1.71. The highest BCUT2D eigenvalue weighted by molar-refractivity contribution is 7.98. The van der Waals surface area contributed by atoms with Gasteiger partial charge in [-0.2, -0.15) is 0 Å². The van der Waals surface area contributed by atoms with Gasteiger partial charge in [0.2, 0.25) is 0 Å². The molecule has 0 atom stereocenters. The molecule has 0 bridgehead atoms. The molecule has 2 aromatic carbocycles. The third-order valence-corrected chi connectivity index (χ3v) is 4.22. The molecule has 0 unspecified atom stereocenters. The smallest absolute Gasteiger partial charge is 0.251 e. The normalized spacial score (nSPS) is 10.6. The van der Waals surface area contributed by atoms with Crippen LogP contribution in [0.2, 0.25) is 0 Å². The van der Waals surface area contributed by atoms with Crippen LogP contribution in [-0.4, -0.2) is 17.1 Å². The number of hydrogen-bond acceptors (Lipinski definition) is 3. The molecule has 3 aromatic rings. The Morgan fingerprint density at radius 1 is 1.14 bits per heavy atom. The van der Waals surface area contributed by atoms with Crippen LogP contribution in [0.1, 0.15) is 15.9 Å². The molecule has 22 heavy (non-hydrogen) atoms. The number of nitrogens with zero attached hydrogens (tertiary/aromatic N) is 1. The maximum absolute atomic E-state index is 12.2. The van der Waals surface area contributed by atoms with E-state index < -0.39 is 0 Å². The fraction of sp³-hybridized carbons (Fsp3) is 0.111. The molecule has 0 aliphatic heterocycles. The molecule has 1 aromatic heterocycles. The van der Waals surface area contributed by atoms with E-state index >= 15 is 0 Å². The summed E-state index contributed by atoms with van der Waals surface area (Å²) in [4.78, 5) is 17.7. The summed E-state index contributed by atoms with van der Waals surface area (Å²) in [7, 11) is 0. The third kappa shape index (κ3) is 3.28. The molecule has 0 spiro atoms. The van der Waals surface area contributed by atoms with E-state index in [4.69, 9.17) is 0 Å². The van der Waals surface area contributed by atoms with Crippen molar-refractivity contribution < 1.29 is 4.79 Å². The monoisotopic (exact) mass is 308 g/mol. The summed E-state index contributed by atoms with van der Waals surface area (Å²) in [6, 6.07) is 17.6. The topological polar surface area (TPSA) is 42.0 Å². The van der Waals surface area contributed by atoms with Crippen LogP contribution in [0.25, 0.3) is 10.9 Å². The van der Waals surface area contributed by atoms with Gasteiger partial charge in [0.15, 0.2) is 0 Å². The first-order chi connectivity index (χ1) is 10.8. The number of amides is 1. The van der Waals surface area contributed by atoms with Gasteiger partial charge in [-0.15, -0.1) is 11.8 Å². The number of carbonyl (C=O) groups excluding carboxylic acids is 1. The fourth-order valence-corrected chi connectivity index (χ4v) is 2.65. The number of benzene rings is 2. The van der Waals surface area contributed by atoms with Crippen molar-refractivity contribution in [2.24, 2.45) is 0 Å². The zero-order valence-corrected chi connectivity index (χ0v) is 13.1. The first-order valence-electron chi connectivity index (χ1n) is 7.02. The molecule has 1 amide bonds. The second-order valence-corrected chi connectivity index (χ2v) is 5.82. The Balaban J connectivity index is 1.69. The van der Waals surface area contributed by atoms with Crippen molar-refractivity contribution in [1.82, 2.24) is 10.3 Å². The van der Waals surface area contributed by atoms with Gasteiger partial charge >= 0.3 is 0 Å². The van der Waals surface area contributed by atoms with Crippen molar-refractivity contribution in [3.05, 3.63) is 71.9 Å². The number of carbonyl (C=O) groups is 1. The molecule has 3 nitrogen and oxygen atoms in total. The Morgan fingerprint density at radius 2 is 1.95 bits per heavy atom. The van der Waals surface area contributed by atoms with Gasteiger partial charge in [0, 0.05) is 28.6 Å². The van der Waals surface area contributed by atoms with Crippen LogP contribution in [0.5, 0.6) is 0 Å². The standard InChI is InChI=1S/C18H16N2OS/c1-22-16-7-4-13(5-8-16)12-20-18(21)15-6-9-17-14(11-15)3-2-10-19-17/h2-11H,12H2,1H3,(H,20,21). The van der Waals surface area contributed by atoms with E-state index in [1.807, 2.05) is 48.7 Å². The summed E-state index contributed by atoms with van der Waals surface area (Å²) in [5.41, 5.74) is 2.64. The highest BCUT2D eigenvalue weighted by atomic mass is 32.2. The molecule has 0 fully saturated rings. The lowest BCUT2D eigenvalue weighted by Gasteiger charge is -2.07. The zero-order valence-electron chi connectivity index (χ0n) is 12.2. The molecule has 0 saturated heterocycles. The Labute approximate surface area is 133 Å². The second-order valence-electron chi connectivity index (χ2n) is 4.94. The number of hydrogen-bond donors (Lipinski definition) is 1. The lowest BCUT2D eigenvalue weighted by atomic mass is 10.1. The van der Waals surface area contributed by atoms with Crippen molar-refractivity contribution in [3.63, 3.8) is 0 Å². The van der Waals surface area contributed by atoms with Crippen LogP contribution in [0.15, 0.2) is 65.7 Å². The molecule has 3 rings (SSSR count). The van der Waals surface area contributed by atoms with Gasteiger partial charge in [-0.3, -0.25) is 9.78 Å². The first-order valence-corrected chi connectivity index (χ1v) is 8.24. The van der Waals surface area contributed by atoms with Gasteiger partial charge < -0.3 is 5.32 Å². The van der Waals surface area contributed by atoms with Crippen molar-refractivity contribution in [1.29, 1.82) is 0 Å². The highest BCUT2D eigenvalue weighted by Gasteiger charge is 2.06. The first kappa shape index (κ1) is 14.6. The highest BCUT2D eigenvalue weighted by Crippen LogP contribution is 2.15. The van der Waals surface area contributed by atoms with E-state index in [1.165, 1.54) is 4.90 Å². The summed E-state index contributed by atoms with van der Waals surface area (Å²) < 4.78 is 0. The predicted molar refractivity (Wildman–Crippen MR) is 91.1 cm³/mol. The molecule has 0 aliphatic rings. The lowest BCUT2D eigenvalue weighted by molar-refractivity contribution is 0.0951. The maximum atomic E-state index is 12.2. The summed E-state index contributed by atoms with van der Waals surface area (Å²) in [6.45, 7) is 0.526. The number of aromatic nitrogens is 1. The van der Waals surface area contributed by atoms with Crippen LogP contribution >= 0.6 is 11.8 Å². The maximum Gasteiger partial charge on any atom is 0.251 e. The molecule has 0 radical (unpaired) electrons. The van der Waals surface area contributed by atoms with Crippen LogP contribution in [0.4, 0.5) is 0 Å². The van der Waals surface area contributed by atoms with E-state index in [1.54, 1.807) is 18.0 Å². The number of thioether (sulfide) groups is 1. The van der Waals surface area contributed by atoms with E-state index in [0.717, 1.165) is 16.5 Å². The number of rotatable bonds is 4. The molecule has 110 valence electrons. The van der Waals surface area contributed by atoms with Gasteiger partial charge in [-0.1, -0.05) is 18.2 Å². The molecular formula is C18H16N2OS. The van der Waals surface area contributed by atoms with Crippen molar-refractivity contribution in [2.75, 3.05) is 6.26 Å². The largest absolute Gasteiger partial charge is 0.348 e. The van der Waals surface area contributed by atoms with E-state index in [-0.39, 0.29) is 5.91 Å². The van der Waals surface area contributed by atoms with Gasteiger partial charge in [0.25, 0.3) is 5.91 Å². The summed E-state index contributed by atoms with van der Waals surface area (Å²) in [5, 5.41) is 3.92. The van der Waals surface area contributed by atoms with Crippen LogP contribution < -0.4 is 5.32 Å². The van der Waals surface area contributed by atoms with Gasteiger partial charge in [-0.25, -0.2) is 0 Å². The Kier molecular flexibility index (Phi) is 4.39. The molecule has 0 aliphatic carbocycles.